The Labute approximate surface area is 431 Å². The van der Waals surface area contributed by atoms with Gasteiger partial charge in [0.25, 0.3) is 5.91 Å². The molecule has 4 aromatic carbocycles. The Morgan fingerprint density at radius 3 is 2.17 bits per heavy atom. The fraction of sp³-hybridized carbons (Fsp3) is 0.418. The number of nitrogens with zero attached hydrogens (tertiary/aromatic N) is 3. The van der Waals surface area contributed by atoms with Gasteiger partial charge in [-0.05, 0) is 115 Å². The molecule has 2 aliphatic heterocycles. The van der Waals surface area contributed by atoms with Crippen LogP contribution in [-0.4, -0.2) is 110 Å². The van der Waals surface area contributed by atoms with Gasteiger partial charge in [-0.2, -0.15) is 0 Å². The second kappa shape index (κ2) is 25.0. The highest BCUT2D eigenvalue weighted by Gasteiger charge is 2.42. The van der Waals surface area contributed by atoms with Gasteiger partial charge < -0.3 is 45.3 Å². The molecule has 5 amide bonds. The molecule has 1 aromatic heterocycles. The molecule has 4 atom stereocenters. The molecule has 3 heterocycles. The lowest BCUT2D eigenvalue weighted by molar-refractivity contribution is -0.144. The van der Waals surface area contributed by atoms with Gasteiger partial charge in [0.1, 0.15) is 18.7 Å². The number of hydrogen-bond donors (Lipinski definition) is 4. The quantitative estimate of drug-likeness (QED) is 0.0522. The largest absolute Gasteiger partial charge is 0.378 e. The average Bonchev–Trinajstić information content (AvgIpc) is 4.04. The van der Waals surface area contributed by atoms with Crippen molar-refractivity contribution in [2.24, 2.45) is 5.41 Å². The second-order valence-electron chi connectivity index (χ2n) is 19.3. The molecule has 7 rings (SSSR count). The molecule has 2 aliphatic rings. The molecule has 4 N–H and O–H groups in total. The lowest BCUT2D eigenvalue weighted by Gasteiger charge is -2.39. The smallest absolute Gasteiger partial charge is 0.251 e. The van der Waals surface area contributed by atoms with E-state index in [2.05, 4.69) is 39.2 Å². The molecule has 5 aromatic rings. The van der Waals surface area contributed by atoms with Crippen molar-refractivity contribution in [3.63, 3.8) is 0 Å². The van der Waals surface area contributed by atoms with Gasteiger partial charge in [-0.25, -0.2) is 4.98 Å². The Hall–Kier alpha value is -6.17. The number of aryl methyl sites for hydroxylation is 1. The van der Waals surface area contributed by atoms with E-state index in [4.69, 9.17) is 25.8 Å². The van der Waals surface area contributed by atoms with Gasteiger partial charge in [-0.3, -0.25) is 24.0 Å². The van der Waals surface area contributed by atoms with E-state index in [0.717, 1.165) is 56.2 Å². The first kappa shape index (κ1) is 53.6. The van der Waals surface area contributed by atoms with Crippen molar-refractivity contribution in [1.82, 2.24) is 25.8 Å². The normalized spacial score (nSPS) is 17.0. The molecule has 72 heavy (non-hydrogen) atoms. The lowest BCUT2D eigenvalue weighted by atomic mass is 9.85. The summed E-state index contributed by atoms with van der Waals surface area (Å²) in [5.41, 5.74) is 9.48. The molecular formula is C55H66ClN7O8S. The first-order chi connectivity index (χ1) is 34.6. The Balaban J connectivity index is 0.771. The summed E-state index contributed by atoms with van der Waals surface area (Å²) < 4.78 is 16.8. The number of nitrogens with one attached hydrogen (secondary N) is 4. The summed E-state index contributed by atoms with van der Waals surface area (Å²) in [7, 11) is 0. The van der Waals surface area contributed by atoms with Crippen molar-refractivity contribution >= 4 is 63.8 Å². The summed E-state index contributed by atoms with van der Waals surface area (Å²) >= 11 is 7.72. The van der Waals surface area contributed by atoms with Crippen molar-refractivity contribution in [3.8, 4) is 21.6 Å². The summed E-state index contributed by atoms with van der Waals surface area (Å²) in [6, 6.07) is 27.6. The van der Waals surface area contributed by atoms with Gasteiger partial charge in [-0.15, -0.1) is 11.3 Å². The van der Waals surface area contributed by atoms with Gasteiger partial charge in [-0.1, -0.05) is 74.8 Å². The van der Waals surface area contributed by atoms with Crippen LogP contribution < -0.4 is 26.2 Å². The monoisotopic (exact) mass is 1020 g/mol. The molecule has 382 valence electrons. The Morgan fingerprint density at radius 1 is 0.833 bits per heavy atom. The zero-order valence-corrected chi connectivity index (χ0v) is 43.5. The SMILES string of the molecule is CC(=O)N1c2ccc(-c3ccc(C(=O)NCCOCCOCCOCC(=O)NC(C(=O)N4CCC[C@H]4C(=O)NCc4ccc(-c5scnc5C)cc4)C(C)(C)C)cc3)cc2[C@H](Nc2ccc(Cl)cc2)C[C@@H]1C. The van der Waals surface area contributed by atoms with Crippen LogP contribution in [0.3, 0.4) is 0 Å². The molecule has 0 saturated carbocycles. The molecule has 0 bridgehead atoms. The fourth-order valence-electron chi connectivity index (χ4n) is 9.15. The maximum Gasteiger partial charge on any atom is 0.251 e. The Kier molecular flexibility index (Phi) is 18.6. The van der Waals surface area contributed by atoms with Crippen molar-refractivity contribution in [1.29, 1.82) is 0 Å². The van der Waals surface area contributed by atoms with Crippen molar-refractivity contribution in [2.45, 2.75) is 91.5 Å². The number of amides is 5. The minimum atomic E-state index is -0.861. The number of benzene rings is 4. The standard InChI is InChI=1S/C55H66ClN7O8S/c1-35-30-46(60-44-20-18-43(56)19-21-44)45-31-42(17-22-47(45)63(35)37(3)64)39-13-15-41(16-14-39)52(66)57-23-25-69-26-27-70-28-29-71-33-49(65)61-51(55(4,5)6)54(68)62-24-7-8-48(62)53(67)58-32-38-9-11-40(12-10-38)50-36(2)59-34-72-50/h9-22,31,34-35,46,48,51,60H,7-8,23-30,32-33H2,1-6H3,(H,57,66)(H,58,67)(H,61,65)/t35-,46+,48-,51?/m0/s1. The van der Waals surface area contributed by atoms with Crippen LogP contribution in [0.1, 0.15) is 87.1 Å². The van der Waals surface area contributed by atoms with E-state index in [1.807, 2.05) is 111 Å². The van der Waals surface area contributed by atoms with Crippen LogP contribution in [0.5, 0.6) is 0 Å². The predicted molar refractivity (Wildman–Crippen MR) is 282 cm³/mol. The molecule has 17 heteroatoms. The number of thiazole rings is 1. The first-order valence-electron chi connectivity index (χ1n) is 24.5. The number of rotatable bonds is 21. The number of aromatic nitrogens is 1. The zero-order chi connectivity index (χ0) is 51.4. The number of anilines is 2. The summed E-state index contributed by atoms with van der Waals surface area (Å²) in [5.74, 6) is -1.18. The molecule has 0 spiro atoms. The maximum absolute atomic E-state index is 13.9. The van der Waals surface area contributed by atoms with Crippen LogP contribution in [0.2, 0.25) is 5.02 Å². The number of likely N-dealkylation sites (tertiary alicyclic amines) is 1. The summed E-state index contributed by atoms with van der Waals surface area (Å²) in [6.45, 7) is 13.4. The van der Waals surface area contributed by atoms with E-state index in [-0.39, 0.29) is 55.5 Å². The van der Waals surface area contributed by atoms with Gasteiger partial charge in [0.05, 0.1) is 55.2 Å². The van der Waals surface area contributed by atoms with Crippen molar-refractivity contribution in [3.05, 3.63) is 124 Å². The first-order valence-corrected chi connectivity index (χ1v) is 25.8. The number of carbonyl (C=O) groups excluding carboxylic acids is 5. The van der Waals surface area contributed by atoms with E-state index in [0.29, 0.717) is 62.9 Å². The molecule has 1 fully saturated rings. The average molecular weight is 1020 g/mol. The van der Waals surface area contributed by atoms with E-state index in [1.54, 1.807) is 35.3 Å². The van der Waals surface area contributed by atoms with Gasteiger partial charge in [0, 0.05) is 54.6 Å². The fourth-order valence-corrected chi connectivity index (χ4v) is 10.1. The number of carbonyl (C=O) groups is 5. The number of halogens is 1. The Bertz CT molecular complexity index is 2660. The van der Waals surface area contributed by atoms with Crippen LogP contribution >= 0.6 is 22.9 Å². The summed E-state index contributed by atoms with van der Waals surface area (Å²) in [4.78, 5) is 74.9. The zero-order valence-electron chi connectivity index (χ0n) is 41.9. The number of hydrogen-bond acceptors (Lipinski definition) is 11. The minimum Gasteiger partial charge on any atom is -0.378 e. The van der Waals surface area contributed by atoms with E-state index >= 15 is 0 Å². The van der Waals surface area contributed by atoms with E-state index < -0.39 is 23.4 Å². The maximum atomic E-state index is 13.9. The van der Waals surface area contributed by atoms with Crippen LogP contribution in [0, 0.1) is 12.3 Å². The highest BCUT2D eigenvalue weighted by atomic mass is 35.5. The van der Waals surface area contributed by atoms with Crippen LogP contribution in [-0.2, 0) is 39.9 Å². The van der Waals surface area contributed by atoms with Crippen molar-refractivity contribution < 1.29 is 38.2 Å². The lowest BCUT2D eigenvalue weighted by Crippen LogP contribution is -2.58. The predicted octanol–water partition coefficient (Wildman–Crippen LogP) is 8.36. The third kappa shape index (κ3) is 14.1. The van der Waals surface area contributed by atoms with Gasteiger partial charge in [0.2, 0.25) is 23.6 Å². The third-order valence-electron chi connectivity index (χ3n) is 12.9. The van der Waals surface area contributed by atoms with Crippen LogP contribution in [0.15, 0.2) is 96.5 Å². The minimum absolute atomic E-state index is 0.00507. The van der Waals surface area contributed by atoms with Crippen LogP contribution in [0.25, 0.3) is 21.6 Å². The van der Waals surface area contributed by atoms with Crippen LogP contribution in [0.4, 0.5) is 11.4 Å². The van der Waals surface area contributed by atoms with Crippen molar-refractivity contribution in [2.75, 3.05) is 62.9 Å². The molecule has 0 aliphatic carbocycles. The molecular weight excluding hydrogens is 954 g/mol. The number of ether oxygens (including phenoxy) is 3. The molecule has 15 nitrogen and oxygen atoms in total. The van der Waals surface area contributed by atoms with Gasteiger partial charge >= 0.3 is 0 Å². The summed E-state index contributed by atoms with van der Waals surface area (Å²) in [6.07, 6.45) is 1.96. The Morgan fingerprint density at radius 2 is 1.50 bits per heavy atom. The highest BCUT2D eigenvalue weighted by Crippen LogP contribution is 2.41. The van der Waals surface area contributed by atoms with E-state index in [1.165, 1.54) is 0 Å². The van der Waals surface area contributed by atoms with Gasteiger partial charge in [0.15, 0.2) is 0 Å². The number of fused-ring (bicyclic) bond motifs is 1. The third-order valence-corrected chi connectivity index (χ3v) is 14.1. The summed E-state index contributed by atoms with van der Waals surface area (Å²) in [5, 5.41) is 13.0. The molecule has 1 unspecified atom stereocenters. The van der Waals surface area contributed by atoms with E-state index in [9.17, 15) is 24.0 Å². The second-order valence-corrected chi connectivity index (χ2v) is 20.6. The highest BCUT2D eigenvalue weighted by molar-refractivity contribution is 7.13. The molecule has 0 radical (unpaired) electrons. The molecule has 1 saturated heterocycles. The topological polar surface area (TPSA) is 181 Å².